The van der Waals surface area contributed by atoms with Crippen LogP contribution in [0.3, 0.4) is 0 Å². The van der Waals surface area contributed by atoms with E-state index in [-0.39, 0.29) is 0 Å². The molecule has 0 bridgehead atoms. The van der Waals surface area contributed by atoms with Crippen molar-refractivity contribution in [2.45, 2.75) is 32.4 Å². The molecule has 0 aliphatic carbocycles. The highest BCUT2D eigenvalue weighted by Crippen LogP contribution is 2.39. The number of nitrogens with zero attached hydrogens (tertiary/aromatic N) is 4. The van der Waals surface area contributed by atoms with E-state index in [1.165, 1.54) is 56.6 Å². The highest BCUT2D eigenvalue weighted by Gasteiger charge is 2.41. The van der Waals surface area contributed by atoms with Crippen LogP contribution in [0.1, 0.15) is 30.4 Å². The largest absolute Gasteiger partial charge is 0.298 e. The molecule has 124 valence electrons. The third kappa shape index (κ3) is 3.52. The lowest BCUT2D eigenvalue weighted by Crippen LogP contribution is -2.44. The molecule has 0 aromatic carbocycles. The van der Waals surface area contributed by atoms with Crippen LogP contribution in [-0.2, 0) is 20.1 Å². The van der Waals surface area contributed by atoms with Crippen LogP contribution >= 0.6 is 11.3 Å². The summed E-state index contributed by atoms with van der Waals surface area (Å²) in [6.07, 6.45) is 8.27. The molecule has 2 aromatic rings. The second kappa shape index (κ2) is 6.38. The predicted molar refractivity (Wildman–Crippen MR) is 94.4 cm³/mol. The molecular weight excluding hydrogens is 304 g/mol. The van der Waals surface area contributed by atoms with Gasteiger partial charge in [-0.15, -0.1) is 0 Å². The summed E-state index contributed by atoms with van der Waals surface area (Å²) in [6, 6.07) is 2.27. The summed E-state index contributed by atoms with van der Waals surface area (Å²) >= 11 is 1.81. The third-order valence-electron chi connectivity index (χ3n) is 5.41. The van der Waals surface area contributed by atoms with E-state index < -0.39 is 0 Å². The van der Waals surface area contributed by atoms with E-state index in [0.717, 1.165) is 13.1 Å². The lowest BCUT2D eigenvalue weighted by atomic mass is 9.79. The Labute approximate surface area is 142 Å². The van der Waals surface area contributed by atoms with Crippen molar-refractivity contribution < 1.29 is 0 Å². The van der Waals surface area contributed by atoms with Crippen molar-refractivity contribution in [3.63, 3.8) is 0 Å². The maximum absolute atomic E-state index is 4.31. The summed E-state index contributed by atoms with van der Waals surface area (Å²) < 4.78 is 1.91. The van der Waals surface area contributed by atoms with E-state index in [9.17, 15) is 0 Å². The summed E-state index contributed by atoms with van der Waals surface area (Å²) in [5.74, 6) is 0. The normalized spacial score (nSPS) is 26.3. The Kier molecular flexibility index (Phi) is 4.26. The topological polar surface area (TPSA) is 24.3 Å². The average Bonchev–Trinajstić information content (AvgIpc) is 3.24. The van der Waals surface area contributed by atoms with Crippen LogP contribution in [-0.4, -0.2) is 45.8 Å². The van der Waals surface area contributed by atoms with Crippen LogP contribution in [0.15, 0.2) is 29.2 Å². The smallest absolute Gasteiger partial charge is 0.0534 e. The molecule has 1 spiro atoms. The fraction of sp³-hybridized carbons (Fsp3) is 0.611. The molecule has 2 fully saturated rings. The zero-order valence-corrected chi connectivity index (χ0v) is 14.8. The Hall–Kier alpha value is -1.17. The molecule has 4 heterocycles. The Bertz CT molecular complexity index is 635. The van der Waals surface area contributed by atoms with Gasteiger partial charge in [-0.25, -0.2) is 0 Å². The van der Waals surface area contributed by atoms with E-state index in [2.05, 4.69) is 37.9 Å². The van der Waals surface area contributed by atoms with Gasteiger partial charge in [0.15, 0.2) is 0 Å². The molecule has 0 amide bonds. The van der Waals surface area contributed by atoms with Gasteiger partial charge in [0.05, 0.1) is 6.20 Å². The van der Waals surface area contributed by atoms with E-state index >= 15 is 0 Å². The maximum atomic E-state index is 4.31. The average molecular weight is 331 g/mol. The van der Waals surface area contributed by atoms with Gasteiger partial charge < -0.3 is 0 Å². The highest BCUT2D eigenvalue weighted by molar-refractivity contribution is 7.07. The highest BCUT2D eigenvalue weighted by atomic mass is 32.1. The van der Waals surface area contributed by atoms with Gasteiger partial charge in [0.2, 0.25) is 0 Å². The first-order valence-corrected chi connectivity index (χ1v) is 9.58. The minimum atomic E-state index is 0.524. The van der Waals surface area contributed by atoms with Gasteiger partial charge in [-0.3, -0.25) is 14.5 Å². The summed E-state index contributed by atoms with van der Waals surface area (Å²) in [4.78, 5) is 5.31. The van der Waals surface area contributed by atoms with Gasteiger partial charge in [-0.1, -0.05) is 0 Å². The number of piperidine rings is 1. The zero-order valence-electron chi connectivity index (χ0n) is 13.9. The van der Waals surface area contributed by atoms with Crippen molar-refractivity contribution in [3.8, 4) is 0 Å². The van der Waals surface area contributed by atoms with Crippen LogP contribution in [0.25, 0.3) is 0 Å². The number of hydrogen-bond acceptors (Lipinski definition) is 4. The van der Waals surface area contributed by atoms with Gasteiger partial charge in [-0.2, -0.15) is 16.4 Å². The number of aromatic nitrogens is 2. The van der Waals surface area contributed by atoms with Gasteiger partial charge in [0.1, 0.15) is 0 Å². The number of aryl methyl sites for hydroxylation is 1. The maximum Gasteiger partial charge on any atom is 0.0534 e. The molecule has 0 radical (unpaired) electrons. The Balaban J connectivity index is 1.37. The molecule has 2 aromatic heterocycles. The molecule has 1 atom stereocenters. The van der Waals surface area contributed by atoms with Crippen LogP contribution < -0.4 is 0 Å². The molecule has 2 saturated heterocycles. The first-order chi connectivity index (χ1) is 11.2. The fourth-order valence-electron chi connectivity index (χ4n) is 4.39. The van der Waals surface area contributed by atoms with Gasteiger partial charge in [0.25, 0.3) is 0 Å². The summed E-state index contributed by atoms with van der Waals surface area (Å²) in [5, 5.41) is 8.79. The van der Waals surface area contributed by atoms with E-state index in [1.807, 2.05) is 29.3 Å². The van der Waals surface area contributed by atoms with Crippen LogP contribution in [0.2, 0.25) is 0 Å². The predicted octanol–water partition coefficient (Wildman–Crippen LogP) is 2.97. The van der Waals surface area contributed by atoms with Crippen molar-refractivity contribution in [3.05, 3.63) is 40.3 Å². The summed E-state index contributed by atoms with van der Waals surface area (Å²) in [5.41, 5.74) is 3.35. The number of likely N-dealkylation sites (tertiary alicyclic amines) is 2. The lowest BCUT2D eigenvalue weighted by Gasteiger charge is -2.40. The van der Waals surface area contributed by atoms with Crippen molar-refractivity contribution in [1.29, 1.82) is 0 Å². The number of rotatable bonds is 4. The minimum Gasteiger partial charge on any atom is -0.298 e. The van der Waals surface area contributed by atoms with E-state index in [1.54, 1.807) is 0 Å². The number of thiophene rings is 1. The van der Waals surface area contributed by atoms with Crippen molar-refractivity contribution in [2.24, 2.45) is 12.5 Å². The Morgan fingerprint density at radius 1 is 1.13 bits per heavy atom. The second-order valence-electron chi connectivity index (χ2n) is 7.43. The third-order valence-corrected chi connectivity index (χ3v) is 6.14. The number of hydrogen-bond donors (Lipinski definition) is 0. The Morgan fingerprint density at radius 3 is 2.70 bits per heavy atom. The van der Waals surface area contributed by atoms with Crippen molar-refractivity contribution in [1.82, 2.24) is 19.6 Å². The minimum absolute atomic E-state index is 0.524. The molecule has 4 rings (SSSR count). The molecule has 2 aliphatic rings. The monoisotopic (exact) mass is 330 g/mol. The second-order valence-corrected chi connectivity index (χ2v) is 8.21. The molecule has 5 heteroatoms. The zero-order chi connectivity index (χ0) is 15.7. The molecule has 4 nitrogen and oxygen atoms in total. The quantitative estimate of drug-likeness (QED) is 0.861. The van der Waals surface area contributed by atoms with Gasteiger partial charge >= 0.3 is 0 Å². The standard InChI is InChI=1S/C18H26N4S/c1-20-10-17(9-19-20)12-21-6-2-4-18(14-21)5-7-22(15-18)11-16-3-8-23-13-16/h3,8-10,13H,2,4-7,11-12,14-15H2,1H3/t18-/m0/s1. The van der Waals surface area contributed by atoms with Gasteiger partial charge in [-0.05, 0) is 60.2 Å². The Morgan fingerprint density at radius 2 is 1.96 bits per heavy atom. The molecule has 2 aliphatic heterocycles. The fourth-order valence-corrected chi connectivity index (χ4v) is 5.05. The molecule has 23 heavy (non-hydrogen) atoms. The van der Waals surface area contributed by atoms with E-state index in [4.69, 9.17) is 0 Å². The SMILES string of the molecule is Cn1cc(CN2CCC[C@]3(CCN(Cc4ccsc4)C3)C2)cn1. The molecular formula is C18H26N4S. The van der Waals surface area contributed by atoms with Crippen LogP contribution in [0, 0.1) is 5.41 Å². The molecule has 0 unspecified atom stereocenters. The summed E-state index contributed by atoms with van der Waals surface area (Å²) in [7, 11) is 2.00. The molecule has 0 N–H and O–H groups in total. The molecule has 0 saturated carbocycles. The van der Waals surface area contributed by atoms with Crippen LogP contribution in [0.4, 0.5) is 0 Å². The first-order valence-electron chi connectivity index (χ1n) is 8.64. The van der Waals surface area contributed by atoms with Crippen molar-refractivity contribution >= 4 is 11.3 Å². The summed E-state index contributed by atoms with van der Waals surface area (Å²) in [6.45, 7) is 7.21. The lowest BCUT2D eigenvalue weighted by molar-refractivity contribution is 0.0866. The van der Waals surface area contributed by atoms with Crippen LogP contribution in [0.5, 0.6) is 0 Å². The van der Waals surface area contributed by atoms with Gasteiger partial charge in [0, 0.05) is 45.0 Å². The van der Waals surface area contributed by atoms with E-state index in [0.29, 0.717) is 5.41 Å². The van der Waals surface area contributed by atoms with Crippen molar-refractivity contribution in [2.75, 3.05) is 26.2 Å². The first kappa shape index (κ1) is 15.4.